The van der Waals surface area contributed by atoms with Gasteiger partial charge in [0.15, 0.2) is 9.84 Å². The third kappa shape index (κ3) is 3.63. The lowest BCUT2D eigenvalue weighted by Crippen LogP contribution is -2.30. The molecule has 5 nitrogen and oxygen atoms in total. The van der Waals surface area contributed by atoms with Crippen LogP contribution in [0.15, 0.2) is 18.2 Å². The Labute approximate surface area is 123 Å². The normalized spacial score (nSPS) is 24.8. The molecule has 0 aliphatic carbocycles. The molecule has 2 rings (SSSR count). The molecule has 0 radical (unpaired) electrons. The molecule has 2 unspecified atom stereocenters. The fourth-order valence-electron chi connectivity index (χ4n) is 2.14. The van der Waals surface area contributed by atoms with Crippen molar-refractivity contribution in [3.8, 4) is 5.75 Å². The van der Waals surface area contributed by atoms with Crippen LogP contribution in [0.3, 0.4) is 0 Å². The molecule has 0 saturated carbocycles. The second kappa shape index (κ2) is 6.30. The van der Waals surface area contributed by atoms with Crippen molar-refractivity contribution in [3.05, 3.63) is 28.8 Å². The molecular weight excluding hydrogens is 302 g/mol. The van der Waals surface area contributed by atoms with Crippen LogP contribution in [0.5, 0.6) is 5.75 Å². The number of benzene rings is 1. The van der Waals surface area contributed by atoms with Crippen LogP contribution in [-0.2, 0) is 16.4 Å². The minimum atomic E-state index is -3.23. The van der Waals surface area contributed by atoms with Gasteiger partial charge >= 0.3 is 0 Å². The molecule has 1 aromatic carbocycles. The SMILES string of the molecule is CCNCc1c(Cl)cccc1OC1CS(=O)(=O)CC1O. The summed E-state index contributed by atoms with van der Waals surface area (Å²) in [5, 5.41) is 13.5. The summed E-state index contributed by atoms with van der Waals surface area (Å²) in [6.07, 6.45) is -1.73. The molecule has 0 bridgehead atoms. The Bertz CT molecular complexity index is 576. The van der Waals surface area contributed by atoms with Gasteiger partial charge in [-0.05, 0) is 18.7 Å². The summed E-state index contributed by atoms with van der Waals surface area (Å²) < 4.78 is 28.7. The van der Waals surface area contributed by atoms with Crippen molar-refractivity contribution < 1.29 is 18.3 Å². The number of nitrogens with one attached hydrogen (secondary N) is 1. The van der Waals surface area contributed by atoms with Crippen LogP contribution >= 0.6 is 11.6 Å². The molecule has 0 amide bonds. The van der Waals surface area contributed by atoms with Crippen molar-refractivity contribution in [1.29, 1.82) is 0 Å². The Morgan fingerprint density at radius 2 is 2.20 bits per heavy atom. The number of hydrogen-bond acceptors (Lipinski definition) is 5. The minimum absolute atomic E-state index is 0.165. The number of aliphatic hydroxyl groups is 1. The third-order valence-corrected chi connectivity index (χ3v) is 5.22. The van der Waals surface area contributed by atoms with E-state index in [-0.39, 0.29) is 11.5 Å². The summed E-state index contributed by atoms with van der Waals surface area (Å²) in [4.78, 5) is 0. The number of ether oxygens (including phenoxy) is 1. The van der Waals surface area contributed by atoms with Crippen molar-refractivity contribution in [1.82, 2.24) is 5.32 Å². The first-order valence-electron chi connectivity index (χ1n) is 6.46. The number of sulfone groups is 1. The second-order valence-electron chi connectivity index (χ2n) is 4.80. The van der Waals surface area contributed by atoms with E-state index in [2.05, 4.69) is 5.32 Å². The van der Waals surface area contributed by atoms with E-state index in [1.165, 1.54) is 0 Å². The Morgan fingerprint density at radius 1 is 1.45 bits per heavy atom. The summed E-state index contributed by atoms with van der Waals surface area (Å²) >= 11 is 6.14. The predicted octanol–water partition coefficient (Wildman–Crippen LogP) is 0.986. The van der Waals surface area contributed by atoms with Crippen LogP contribution in [0.25, 0.3) is 0 Å². The monoisotopic (exact) mass is 319 g/mol. The highest BCUT2D eigenvalue weighted by Crippen LogP contribution is 2.29. The molecule has 20 heavy (non-hydrogen) atoms. The predicted molar refractivity (Wildman–Crippen MR) is 77.9 cm³/mol. The molecule has 7 heteroatoms. The highest BCUT2D eigenvalue weighted by molar-refractivity contribution is 7.91. The van der Waals surface area contributed by atoms with Gasteiger partial charge in [0.05, 0.1) is 11.5 Å². The molecule has 112 valence electrons. The Morgan fingerprint density at radius 3 is 2.80 bits per heavy atom. The summed E-state index contributed by atoms with van der Waals surface area (Å²) in [5.74, 6) is 0.0989. The maximum Gasteiger partial charge on any atom is 0.156 e. The zero-order valence-corrected chi connectivity index (χ0v) is 12.7. The standard InChI is InChI=1S/C13H18ClNO4S/c1-2-15-6-9-10(14)4-3-5-12(9)19-13-8-20(17,18)7-11(13)16/h3-5,11,13,15-16H,2,6-8H2,1H3. The van der Waals surface area contributed by atoms with E-state index in [4.69, 9.17) is 16.3 Å². The van der Waals surface area contributed by atoms with Gasteiger partial charge in [-0.1, -0.05) is 24.6 Å². The lowest BCUT2D eigenvalue weighted by atomic mass is 10.2. The van der Waals surface area contributed by atoms with Gasteiger partial charge in [0.25, 0.3) is 0 Å². The highest BCUT2D eigenvalue weighted by atomic mass is 35.5. The molecule has 1 heterocycles. The first kappa shape index (κ1) is 15.6. The lowest BCUT2D eigenvalue weighted by molar-refractivity contribution is 0.0731. The van der Waals surface area contributed by atoms with E-state index < -0.39 is 22.0 Å². The van der Waals surface area contributed by atoms with Gasteiger partial charge in [-0.3, -0.25) is 0 Å². The molecule has 1 aliphatic rings. The minimum Gasteiger partial charge on any atom is -0.486 e. The van der Waals surface area contributed by atoms with E-state index >= 15 is 0 Å². The first-order valence-corrected chi connectivity index (χ1v) is 8.66. The molecule has 1 fully saturated rings. The topological polar surface area (TPSA) is 75.6 Å². The van der Waals surface area contributed by atoms with E-state index in [0.29, 0.717) is 17.3 Å². The number of halogens is 1. The second-order valence-corrected chi connectivity index (χ2v) is 7.36. The molecule has 2 N–H and O–H groups in total. The van der Waals surface area contributed by atoms with Gasteiger partial charge in [0.1, 0.15) is 18.0 Å². The van der Waals surface area contributed by atoms with Crippen LogP contribution in [0, 0.1) is 0 Å². The van der Waals surface area contributed by atoms with E-state index in [0.717, 1.165) is 12.1 Å². The van der Waals surface area contributed by atoms with E-state index in [9.17, 15) is 13.5 Å². The van der Waals surface area contributed by atoms with Gasteiger partial charge in [-0.15, -0.1) is 0 Å². The molecular formula is C13H18ClNO4S. The maximum absolute atomic E-state index is 11.5. The van der Waals surface area contributed by atoms with Gasteiger partial charge in [-0.2, -0.15) is 0 Å². The molecule has 1 aromatic rings. The fourth-order valence-corrected chi connectivity index (χ4v) is 4.04. The smallest absolute Gasteiger partial charge is 0.156 e. The van der Waals surface area contributed by atoms with E-state index in [1.54, 1.807) is 18.2 Å². The van der Waals surface area contributed by atoms with Crippen molar-refractivity contribution in [2.45, 2.75) is 25.7 Å². The largest absolute Gasteiger partial charge is 0.486 e. The zero-order valence-electron chi connectivity index (χ0n) is 11.2. The number of rotatable bonds is 5. The number of hydrogen-bond donors (Lipinski definition) is 2. The quantitative estimate of drug-likeness (QED) is 0.846. The summed E-state index contributed by atoms with van der Waals surface area (Å²) in [7, 11) is -3.23. The Hall–Kier alpha value is -0.820. The summed E-state index contributed by atoms with van der Waals surface area (Å²) in [6.45, 7) is 3.29. The van der Waals surface area contributed by atoms with Crippen LogP contribution in [-0.4, -0.2) is 43.8 Å². The fraction of sp³-hybridized carbons (Fsp3) is 0.538. The van der Waals surface area contributed by atoms with Crippen molar-refractivity contribution >= 4 is 21.4 Å². The van der Waals surface area contributed by atoms with Crippen LogP contribution in [0.4, 0.5) is 0 Å². The maximum atomic E-state index is 11.5. The van der Waals surface area contributed by atoms with Crippen molar-refractivity contribution in [2.75, 3.05) is 18.1 Å². The van der Waals surface area contributed by atoms with E-state index in [1.807, 2.05) is 6.92 Å². The van der Waals surface area contributed by atoms with Gasteiger partial charge < -0.3 is 15.2 Å². The highest BCUT2D eigenvalue weighted by Gasteiger charge is 2.38. The summed E-state index contributed by atoms with van der Waals surface area (Å²) in [5.41, 5.74) is 0.771. The lowest BCUT2D eigenvalue weighted by Gasteiger charge is -2.19. The molecule has 1 aliphatic heterocycles. The van der Waals surface area contributed by atoms with Crippen molar-refractivity contribution in [2.24, 2.45) is 0 Å². The first-order chi connectivity index (χ1) is 9.43. The van der Waals surface area contributed by atoms with Crippen LogP contribution in [0.1, 0.15) is 12.5 Å². The van der Waals surface area contributed by atoms with Gasteiger partial charge in [0.2, 0.25) is 0 Å². The van der Waals surface area contributed by atoms with Gasteiger partial charge in [0, 0.05) is 17.1 Å². The number of aliphatic hydroxyl groups excluding tert-OH is 1. The third-order valence-electron chi connectivity index (χ3n) is 3.18. The van der Waals surface area contributed by atoms with Crippen molar-refractivity contribution in [3.63, 3.8) is 0 Å². The molecule has 0 spiro atoms. The Balaban J connectivity index is 2.19. The zero-order chi connectivity index (χ0) is 14.8. The molecule has 0 aromatic heterocycles. The average molecular weight is 320 g/mol. The molecule has 2 atom stereocenters. The van der Waals surface area contributed by atoms with Crippen LogP contribution in [0.2, 0.25) is 5.02 Å². The average Bonchev–Trinajstić information content (AvgIpc) is 2.61. The Kier molecular flexibility index (Phi) is 4.90. The summed E-state index contributed by atoms with van der Waals surface area (Å²) in [6, 6.07) is 5.22. The molecule has 1 saturated heterocycles. The van der Waals surface area contributed by atoms with Gasteiger partial charge in [-0.25, -0.2) is 8.42 Å². The van der Waals surface area contributed by atoms with Crippen LogP contribution < -0.4 is 10.1 Å².